The molecule has 2 nitrogen and oxygen atoms in total. The normalized spacial score (nSPS) is 10.6. The summed E-state index contributed by atoms with van der Waals surface area (Å²) in [4.78, 5) is 12.8. The largest absolute Gasteiger partial charge is 0.465 e. The van der Waals surface area contributed by atoms with Gasteiger partial charge < -0.3 is 4.74 Å². The van der Waals surface area contributed by atoms with Crippen LogP contribution in [0.4, 0.5) is 0 Å². The summed E-state index contributed by atoms with van der Waals surface area (Å²) in [6.07, 6.45) is 0. The Labute approximate surface area is 124 Å². The third kappa shape index (κ3) is 3.42. The van der Waals surface area contributed by atoms with Crippen molar-refractivity contribution in [2.75, 3.05) is 7.11 Å². The lowest BCUT2D eigenvalue weighted by Gasteiger charge is -2.13. The van der Waals surface area contributed by atoms with Gasteiger partial charge in [0.25, 0.3) is 0 Å². The molecule has 0 unspecified atom stereocenters. The van der Waals surface area contributed by atoms with Crippen LogP contribution in [0.5, 0.6) is 0 Å². The van der Waals surface area contributed by atoms with Crippen LogP contribution < -0.4 is 0 Å². The van der Waals surface area contributed by atoms with E-state index in [9.17, 15) is 4.79 Å². The monoisotopic (exact) mass is 286 g/mol. The molecule has 3 heteroatoms. The number of carbonyl (C=O) groups is 1. The fraction of sp³-hybridized carbons (Fsp3) is 0.235. The smallest absolute Gasteiger partial charge is 0.337 e. The molecule has 2 aromatic carbocycles. The molecule has 0 fully saturated rings. The molecule has 2 rings (SSSR count). The number of ether oxygens (including phenoxy) is 1. The molecular weight excluding hydrogens is 268 g/mol. The molecule has 0 aliphatic carbocycles. The van der Waals surface area contributed by atoms with Gasteiger partial charge in [-0.15, -0.1) is 11.8 Å². The van der Waals surface area contributed by atoms with Gasteiger partial charge in [0.15, 0.2) is 0 Å². The average Bonchev–Trinajstić information content (AvgIpc) is 2.46. The third-order valence-electron chi connectivity index (χ3n) is 2.85. The molecule has 0 aliphatic heterocycles. The molecule has 0 aromatic heterocycles. The summed E-state index contributed by atoms with van der Waals surface area (Å²) in [6.45, 7) is 4.29. The highest BCUT2D eigenvalue weighted by Gasteiger charge is 2.12. The minimum Gasteiger partial charge on any atom is -0.465 e. The van der Waals surface area contributed by atoms with Crippen molar-refractivity contribution in [3.05, 3.63) is 54.1 Å². The molecule has 20 heavy (non-hydrogen) atoms. The van der Waals surface area contributed by atoms with E-state index in [1.54, 1.807) is 11.8 Å². The van der Waals surface area contributed by atoms with Gasteiger partial charge in [-0.1, -0.05) is 50.2 Å². The van der Waals surface area contributed by atoms with Crippen LogP contribution in [0.2, 0.25) is 0 Å². The summed E-state index contributed by atoms with van der Waals surface area (Å²) in [5, 5.41) is 0.449. The first-order chi connectivity index (χ1) is 9.61. The van der Waals surface area contributed by atoms with Gasteiger partial charge >= 0.3 is 5.97 Å². The molecule has 0 aliphatic rings. The van der Waals surface area contributed by atoms with Crippen molar-refractivity contribution >= 4 is 17.7 Å². The van der Waals surface area contributed by atoms with Gasteiger partial charge in [-0.05, 0) is 23.3 Å². The van der Waals surface area contributed by atoms with Crippen LogP contribution in [0.3, 0.4) is 0 Å². The predicted molar refractivity (Wildman–Crippen MR) is 84.2 cm³/mol. The Balaban J connectivity index is 2.48. The first kappa shape index (κ1) is 14.7. The zero-order valence-electron chi connectivity index (χ0n) is 11.9. The summed E-state index contributed by atoms with van der Waals surface area (Å²) in [7, 11) is 1.41. The Kier molecular flexibility index (Phi) is 4.85. The Morgan fingerprint density at radius 3 is 2.40 bits per heavy atom. The van der Waals surface area contributed by atoms with Gasteiger partial charge in [-0.3, -0.25) is 0 Å². The first-order valence-corrected chi connectivity index (χ1v) is 7.44. The molecule has 0 N–H and O–H groups in total. The van der Waals surface area contributed by atoms with E-state index in [0.29, 0.717) is 10.8 Å². The molecular formula is C17H18O2S. The highest BCUT2D eigenvalue weighted by Crippen LogP contribution is 2.34. The van der Waals surface area contributed by atoms with E-state index in [0.717, 1.165) is 16.0 Å². The Bertz CT molecular complexity index is 591. The van der Waals surface area contributed by atoms with Gasteiger partial charge in [-0.2, -0.15) is 0 Å². The zero-order valence-corrected chi connectivity index (χ0v) is 12.7. The van der Waals surface area contributed by atoms with Gasteiger partial charge in [0.2, 0.25) is 0 Å². The molecule has 0 saturated carbocycles. The molecule has 0 bridgehead atoms. The van der Waals surface area contributed by atoms with Crippen LogP contribution in [0.25, 0.3) is 11.1 Å². The van der Waals surface area contributed by atoms with Crippen LogP contribution in [0.1, 0.15) is 24.2 Å². The van der Waals surface area contributed by atoms with Crippen LogP contribution in [0.15, 0.2) is 53.4 Å². The highest BCUT2D eigenvalue weighted by atomic mass is 32.2. The fourth-order valence-corrected chi connectivity index (χ4v) is 2.99. The molecule has 0 amide bonds. The minimum absolute atomic E-state index is 0.296. The van der Waals surface area contributed by atoms with Crippen molar-refractivity contribution < 1.29 is 9.53 Å². The van der Waals surface area contributed by atoms with E-state index < -0.39 is 0 Å². The standard InChI is InChI=1S/C17H18O2S/c1-12(2)20-16-11-14(17(18)19-3)9-10-15(16)13-7-5-4-6-8-13/h4-12H,1-3H3. The van der Waals surface area contributed by atoms with Crippen LogP contribution in [0, 0.1) is 0 Å². The molecule has 0 atom stereocenters. The number of hydrogen-bond donors (Lipinski definition) is 0. The lowest BCUT2D eigenvalue weighted by atomic mass is 10.0. The van der Waals surface area contributed by atoms with Gasteiger partial charge in [0, 0.05) is 10.1 Å². The van der Waals surface area contributed by atoms with Crippen LogP contribution in [-0.2, 0) is 4.74 Å². The van der Waals surface area contributed by atoms with E-state index in [4.69, 9.17) is 4.74 Å². The second-order valence-electron chi connectivity index (χ2n) is 4.74. The van der Waals surface area contributed by atoms with Gasteiger partial charge in [-0.25, -0.2) is 4.79 Å². The molecule has 0 spiro atoms. The first-order valence-electron chi connectivity index (χ1n) is 6.56. The Morgan fingerprint density at radius 2 is 1.80 bits per heavy atom. The average molecular weight is 286 g/mol. The van der Waals surface area contributed by atoms with E-state index >= 15 is 0 Å². The summed E-state index contributed by atoms with van der Waals surface area (Å²) in [5.41, 5.74) is 2.90. The second-order valence-corrected chi connectivity index (χ2v) is 6.35. The van der Waals surface area contributed by atoms with Crippen molar-refractivity contribution in [3.8, 4) is 11.1 Å². The summed E-state index contributed by atoms with van der Waals surface area (Å²) in [5.74, 6) is -0.296. The summed E-state index contributed by atoms with van der Waals surface area (Å²) in [6, 6.07) is 15.9. The Morgan fingerprint density at radius 1 is 1.10 bits per heavy atom. The quantitative estimate of drug-likeness (QED) is 0.605. The third-order valence-corrected chi connectivity index (χ3v) is 3.91. The number of methoxy groups -OCH3 is 1. The van der Waals surface area contributed by atoms with Crippen LogP contribution >= 0.6 is 11.8 Å². The molecule has 104 valence electrons. The maximum Gasteiger partial charge on any atom is 0.337 e. The maximum atomic E-state index is 11.7. The number of esters is 1. The van der Waals surface area contributed by atoms with Crippen molar-refractivity contribution in [1.82, 2.24) is 0 Å². The summed E-state index contributed by atoms with van der Waals surface area (Å²) >= 11 is 1.75. The fourth-order valence-electron chi connectivity index (χ4n) is 1.97. The van der Waals surface area contributed by atoms with Gasteiger partial charge in [0.05, 0.1) is 12.7 Å². The van der Waals surface area contributed by atoms with Crippen molar-refractivity contribution in [2.24, 2.45) is 0 Å². The Hall–Kier alpha value is -1.74. The lowest BCUT2D eigenvalue weighted by molar-refractivity contribution is 0.0600. The number of rotatable bonds is 4. The highest BCUT2D eigenvalue weighted by molar-refractivity contribution is 8.00. The molecule has 2 aromatic rings. The number of hydrogen-bond acceptors (Lipinski definition) is 3. The van der Waals surface area contributed by atoms with E-state index in [-0.39, 0.29) is 5.97 Å². The van der Waals surface area contributed by atoms with Gasteiger partial charge in [0.1, 0.15) is 0 Å². The van der Waals surface area contributed by atoms with E-state index in [1.807, 2.05) is 36.4 Å². The second kappa shape index (κ2) is 6.62. The number of benzene rings is 2. The molecule has 0 saturated heterocycles. The van der Waals surface area contributed by atoms with Crippen molar-refractivity contribution in [1.29, 1.82) is 0 Å². The zero-order chi connectivity index (χ0) is 14.5. The van der Waals surface area contributed by atoms with E-state index in [2.05, 4.69) is 26.0 Å². The summed E-state index contributed by atoms with van der Waals surface area (Å²) < 4.78 is 4.79. The van der Waals surface area contributed by atoms with Crippen molar-refractivity contribution in [3.63, 3.8) is 0 Å². The SMILES string of the molecule is COC(=O)c1ccc(-c2ccccc2)c(SC(C)C)c1. The number of carbonyl (C=O) groups excluding carboxylic acids is 1. The topological polar surface area (TPSA) is 26.3 Å². The molecule has 0 heterocycles. The maximum absolute atomic E-state index is 11.7. The molecule has 0 radical (unpaired) electrons. The lowest BCUT2D eigenvalue weighted by Crippen LogP contribution is -2.02. The number of thioether (sulfide) groups is 1. The minimum atomic E-state index is -0.296. The predicted octanol–water partition coefficient (Wildman–Crippen LogP) is 4.64. The van der Waals surface area contributed by atoms with Crippen LogP contribution in [-0.4, -0.2) is 18.3 Å². The van der Waals surface area contributed by atoms with E-state index in [1.165, 1.54) is 7.11 Å². The van der Waals surface area contributed by atoms with Crippen molar-refractivity contribution in [2.45, 2.75) is 24.0 Å².